The maximum Gasteiger partial charge on any atom is 0.264 e. The third kappa shape index (κ3) is 4.14. The van der Waals surface area contributed by atoms with Crippen LogP contribution in [0.15, 0.2) is 59.8 Å². The Morgan fingerprint density at radius 2 is 1.87 bits per heavy atom. The van der Waals surface area contributed by atoms with E-state index in [0.717, 1.165) is 0 Å². The van der Waals surface area contributed by atoms with Gasteiger partial charge in [-0.2, -0.15) is 5.10 Å². The number of anilines is 1. The van der Waals surface area contributed by atoms with Crippen molar-refractivity contribution >= 4 is 45.8 Å². The van der Waals surface area contributed by atoms with Gasteiger partial charge in [-0.05, 0) is 42.5 Å². The molecule has 1 amide bonds. The number of carbonyl (C=O) groups is 1. The number of aromatic nitrogens is 4. The van der Waals surface area contributed by atoms with E-state index in [1.807, 2.05) is 0 Å². The van der Waals surface area contributed by atoms with Crippen LogP contribution >= 0.6 is 23.2 Å². The van der Waals surface area contributed by atoms with E-state index < -0.39 is 5.91 Å². The minimum Gasteiger partial charge on any atom is -0.455 e. The summed E-state index contributed by atoms with van der Waals surface area (Å²) in [6.45, 7) is -0.233. The smallest absolute Gasteiger partial charge is 0.264 e. The lowest BCUT2D eigenvalue weighted by atomic mass is 10.2. The van der Waals surface area contributed by atoms with E-state index in [9.17, 15) is 9.59 Å². The van der Waals surface area contributed by atoms with Gasteiger partial charge in [-0.1, -0.05) is 23.2 Å². The van der Waals surface area contributed by atoms with Gasteiger partial charge in [0, 0.05) is 17.1 Å². The Bertz CT molecular complexity index is 1300. The average molecular weight is 444 g/mol. The number of hydrogen-bond acceptors (Lipinski definition) is 5. The van der Waals surface area contributed by atoms with Crippen LogP contribution in [0.5, 0.6) is 11.5 Å². The van der Waals surface area contributed by atoms with Gasteiger partial charge in [0.2, 0.25) is 5.91 Å². The van der Waals surface area contributed by atoms with Crippen molar-refractivity contribution in [3.05, 3.63) is 75.4 Å². The summed E-state index contributed by atoms with van der Waals surface area (Å²) in [6, 6.07) is 11.6. The van der Waals surface area contributed by atoms with Gasteiger partial charge in [0.25, 0.3) is 5.56 Å². The Kier molecular flexibility index (Phi) is 5.43. The molecule has 0 bridgehead atoms. The first-order valence-corrected chi connectivity index (χ1v) is 9.56. The van der Waals surface area contributed by atoms with Crippen LogP contribution in [0.4, 0.5) is 5.69 Å². The number of amides is 1. The predicted octanol–water partition coefficient (Wildman–Crippen LogP) is 3.87. The minimum atomic E-state index is -0.439. The number of carbonyl (C=O) groups excluding carboxylic acids is 1. The first-order chi connectivity index (χ1) is 14.4. The number of halogens is 2. The van der Waals surface area contributed by atoms with Crippen LogP contribution in [0.3, 0.4) is 0 Å². The fourth-order valence-corrected chi connectivity index (χ4v) is 3.14. The van der Waals surface area contributed by atoms with Gasteiger partial charge in [-0.3, -0.25) is 18.8 Å². The van der Waals surface area contributed by atoms with Gasteiger partial charge in [0.05, 0.1) is 11.9 Å². The molecule has 0 spiro atoms. The molecule has 2 aromatic heterocycles. The number of aryl methyl sites for hydroxylation is 1. The molecule has 0 atom stereocenters. The van der Waals surface area contributed by atoms with Crippen molar-refractivity contribution in [3.8, 4) is 11.5 Å². The van der Waals surface area contributed by atoms with Crippen LogP contribution in [0.2, 0.25) is 10.0 Å². The maximum atomic E-state index is 12.6. The first kappa shape index (κ1) is 19.9. The maximum absolute atomic E-state index is 12.6. The van der Waals surface area contributed by atoms with Crippen molar-refractivity contribution in [2.45, 2.75) is 6.54 Å². The second-order valence-electron chi connectivity index (χ2n) is 6.43. The lowest BCUT2D eigenvalue weighted by Crippen LogP contribution is -2.28. The molecule has 2 heterocycles. The van der Waals surface area contributed by atoms with Gasteiger partial charge >= 0.3 is 0 Å². The highest BCUT2D eigenvalue weighted by molar-refractivity contribution is 6.31. The fourth-order valence-electron chi connectivity index (χ4n) is 2.84. The lowest BCUT2D eigenvalue weighted by Gasteiger charge is -2.13. The molecule has 0 radical (unpaired) electrons. The van der Waals surface area contributed by atoms with Crippen LogP contribution < -0.4 is 15.6 Å². The van der Waals surface area contributed by atoms with E-state index in [-0.39, 0.29) is 12.1 Å². The Labute approximate surface area is 180 Å². The van der Waals surface area contributed by atoms with E-state index in [1.165, 1.54) is 21.8 Å². The standard InChI is InChI=1S/C20H15Cl2N5O3/c1-26-19-15(9-24-26)20(29)27(11-23-19)10-18(28)25-16-8-13(22)4-7-17(16)30-14-5-2-12(21)3-6-14/h2-9,11H,10H2,1H3,(H,25,28). The first-order valence-electron chi connectivity index (χ1n) is 8.80. The minimum absolute atomic E-state index is 0.233. The highest BCUT2D eigenvalue weighted by atomic mass is 35.5. The zero-order valence-electron chi connectivity index (χ0n) is 15.7. The molecular formula is C20H15Cl2N5O3. The van der Waals surface area contributed by atoms with Crippen LogP contribution in [-0.2, 0) is 18.4 Å². The Morgan fingerprint density at radius 1 is 1.13 bits per heavy atom. The Hall–Kier alpha value is -3.36. The highest BCUT2D eigenvalue weighted by Gasteiger charge is 2.14. The van der Waals surface area contributed by atoms with Crippen molar-refractivity contribution < 1.29 is 9.53 Å². The van der Waals surface area contributed by atoms with Crippen molar-refractivity contribution in [2.75, 3.05) is 5.32 Å². The van der Waals surface area contributed by atoms with Gasteiger partial charge in [0.1, 0.15) is 24.0 Å². The topological polar surface area (TPSA) is 91.0 Å². The van der Waals surface area contributed by atoms with E-state index in [4.69, 9.17) is 27.9 Å². The molecule has 0 aliphatic rings. The molecule has 30 heavy (non-hydrogen) atoms. The third-order valence-corrected chi connectivity index (χ3v) is 4.78. The molecule has 4 rings (SSSR count). The second kappa shape index (κ2) is 8.17. The lowest BCUT2D eigenvalue weighted by molar-refractivity contribution is -0.116. The number of nitrogens with one attached hydrogen (secondary N) is 1. The van der Waals surface area contributed by atoms with Crippen molar-refractivity contribution in [1.29, 1.82) is 0 Å². The van der Waals surface area contributed by atoms with Crippen molar-refractivity contribution in [2.24, 2.45) is 7.05 Å². The van der Waals surface area contributed by atoms with Gasteiger partial charge in [-0.25, -0.2) is 4.98 Å². The molecule has 0 saturated heterocycles. The number of nitrogens with zero attached hydrogens (tertiary/aromatic N) is 4. The summed E-state index contributed by atoms with van der Waals surface area (Å²) in [5.41, 5.74) is 0.461. The molecular weight excluding hydrogens is 429 g/mol. The van der Waals surface area contributed by atoms with Crippen LogP contribution in [0, 0.1) is 0 Å². The number of hydrogen-bond donors (Lipinski definition) is 1. The van der Waals surface area contributed by atoms with E-state index in [1.54, 1.807) is 49.5 Å². The molecule has 0 unspecified atom stereocenters. The molecule has 10 heteroatoms. The Balaban J connectivity index is 1.56. The quantitative estimate of drug-likeness (QED) is 0.505. The van der Waals surface area contributed by atoms with Gasteiger partial charge in [-0.15, -0.1) is 0 Å². The highest BCUT2D eigenvalue weighted by Crippen LogP contribution is 2.32. The SMILES string of the molecule is Cn1ncc2c(=O)n(CC(=O)Nc3cc(Cl)ccc3Oc3ccc(Cl)cc3)cnc21. The number of rotatable bonds is 5. The summed E-state index contributed by atoms with van der Waals surface area (Å²) < 4.78 is 8.54. The van der Waals surface area contributed by atoms with E-state index in [0.29, 0.717) is 38.3 Å². The van der Waals surface area contributed by atoms with E-state index >= 15 is 0 Å². The molecule has 152 valence electrons. The molecule has 0 aliphatic carbocycles. The number of ether oxygens (including phenoxy) is 1. The van der Waals surface area contributed by atoms with Crippen LogP contribution in [-0.4, -0.2) is 25.2 Å². The Morgan fingerprint density at radius 3 is 2.63 bits per heavy atom. The zero-order valence-corrected chi connectivity index (χ0v) is 17.2. The fraction of sp³-hybridized carbons (Fsp3) is 0.100. The molecule has 2 aromatic carbocycles. The molecule has 1 N–H and O–H groups in total. The second-order valence-corrected chi connectivity index (χ2v) is 7.30. The zero-order chi connectivity index (χ0) is 21.3. The largest absolute Gasteiger partial charge is 0.455 e. The summed E-state index contributed by atoms with van der Waals surface area (Å²) in [4.78, 5) is 29.3. The molecule has 0 aliphatic heterocycles. The number of benzene rings is 2. The molecule has 4 aromatic rings. The summed E-state index contributed by atoms with van der Waals surface area (Å²) in [5, 5.41) is 8.08. The van der Waals surface area contributed by atoms with Crippen molar-refractivity contribution in [1.82, 2.24) is 19.3 Å². The normalized spacial score (nSPS) is 10.9. The van der Waals surface area contributed by atoms with Crippen molar-refractivity contribution in [3.63, 3.8) is 0 Å². The summed E-state index contributed by atoms with van der Waals surface area (Å²) in [6.07, 6.45) is 2.74. The third-order valence-electron chi connectivity index (χ3n) is 4.29. The van der Waals surface area contributed by atoms with Gasteiger partial charge < -0.3 is 10.1 Å². The summed E-state index contributed by atoms with van der Waals surface area (Å²) >= 11 is 12.0. The monoisotopic (exact) mass is 443 g/mol. The summed E-state index contributed by atoms with van der Waals surface area (Å²) in [5.74, 6) is 0.494. The summed E-state index contributed by atoms with van der Waals surface area (Å²) in [7, 11) is 1.69. The van der Waals surface area contributed by atoms with Crippen LogP contribution in [0.1, 0.15) is 0 Å². The van der Waals surface area contributed by atoms with Gasteiger partial charge in [0.15, 0.2) is 11.4 Å². The van der Waals surface area contributed by atoms with E-state index in [2.05, 4.69) is 15.4 Å². The van der Waals surface area contributed by atoms with Crippen LogP contribution in [0.25, 0.3) is 11.0 Å². The number of fused-ring (bicyclic) bond motifs is 1. The molecule has 8 nitrogen and oxygen atoms in total. The average Bonchev–Trinajstić information content (AvgIpc) is 3.09. The molecule has 0 saturated carbocycles. The molecule has 0 fully saturated rings. The predicted molar refractivity (Wildman–Crippen MR) is 114 cm³/mol.